The molecule has 1 aromatic heterocycles. The Hall–Kier alpha value is -0.450. The number of nitrogens with zero attached hydrogens (tertiary/aromatic N) is 2. The largest absolute Gasteiger partial charge is 0.330 e. The molecule has 0 saturated carbocycles. The number of rotatable bonds is 4. The highest BCUT2D eigenvalue weighted by Crippen LogP contribution is 2.34. The van der Waals surface area contributed by atoms with Crippen LogP contribution in [0.4, 0.5) is 0 Å². The van der Waals surface area contributed by atoms with Gasteiger partial charge in [0.25, 0.3) is 0 Å². The molecule has 2 heterocycles. The third kappa shape index (κ3) is 2.29. The molecule has 0 amide bonds. The van der Waals surface area contributed by atoms with Gasteiger partial charge in [0.15, 0.2) is 0 Å². The van der Waals surface area contributed by atoms with Crippen molar-refractivity contribution < 1.29 is 0 Å². The maximum Gasteiger partial charge on any atom is 0.110 e. The smallest absolute Gasteiger partial charge is 0.110 e. The van der Waals surface area contributed by atoms with Crippen LogP contribution in [-0.4, -0.2) is 29.5 Å². The van der Waals surface area contributed by atoms with Crippen LogP contribution in [0.5, 0.6) is 0 Å². The maximum absolute atomic E-state index is 5.67. The summed E-state index contributed by atoms with van der Waals surface area (Å²) in [5, 5.41) is 3.47. The van der Waals surface area contributed by atoms with Crippen LogP contribution in [0, 0.1) is 0 Å². The molecular formula is C12H21N3S. The van der Waals surface area contributed by atoms with Gasteiger partial charge in [-0.2, -0.15) is 0 Å². The van der Waals surface area contributed by atoms with Crippen LogP contribution in [-0.2, 0) is 0 Å². The summed E-state index contributed by atoms with van der Waals surface area (Å²) in [6.07, 6.45) is 2.57. The van der Waals surface area contributed by atoms with Crippen LogP contribution in [0.3, 0.4) is 0 Å². The van der Waals surface area contributed by atoms with Gasteiger partial charge in [0, 0.05) is 17.8 Å². The van der Waals surface area contributed by atoms with E-state index in [-0.39, 0.29) is 0 Å². The fraction of sp³-hybridized carbons (Fsp3) is 0.750. The number of likely N-dealkylation sites (tertiary alicyclic amines) is 1. The number of hydrogen-bond donors (Lipinski definition) is 1. The zero-order valence-corrected chi connectivity index (χ0v) is 11.0. The average Bonchev–Trinajstić information content (AvgIpc) is 2.95. The van der Waals surface area contributed by atoms with Gasteiger partial charge in [0.05, 0.1) is 11.7 Å². The molecule has 90 valence electrons. The van der Waals surface area contributed by atoms with Crippen molar-refractivity contribution >= 4 is 11.3 Å². The van der Waals surface area contributed by atoms with Crippen molar-refractivity contribution in [3.63, 3.8) is 0 Å². The van der Waals surface area contributed by atoms with Crippen molar-refractivity contribution in [2.45, 2.75) is 38.6 Å². The molecule has 0 aliphatic carbocycles. The zero-order chi connectivity index (χ0) is 11.5. The van der Waals surface area contributed by atoms with Crippen molar-refractivity contribution in [2.75, 3.05) is 19.6 Å². The Morgan fingerprint density at radius 2 is 2.50 bits per heavy atom. The Bertz CT molecular complexity index is 337. The van der Waals surface area contributed by atoms with E-state index in [0.717, 1.165) is 6.54 Å². The maximum atomic E-state index is 5.67. The Morgan fingerprint density at radius 3 is 3.19 bits per heavy atom. The van der Waals surface area contributed by atoms with E-state index in [1.54, 1.807) is 11.3 Å². The summed E-state index contributed by atoms with van der Waals surface area (Å²) in [7, 11) is 0. The Balaban J connectivity index is 2.12. The van der Waals surface area contributed by atoms with Gasteiger partial charge in [-0.1, -0.05) is 13.8 Å². The fourth-order valence-corrected chi connectivity index (χ4v) is 3.39. The highest BCUT2D eigenvalue weighted by atomic mass is 32.1. The molecule has 1 saturated heterocycles. The van der Waals surface area contributed by atoms with E-state index in [9.17, 15) is 0 Å². The Labute approximate surface area is 102 Å². The van der Waals surface area contributed by atoms with E-state index in [0.29, 0.717) is 18.5 Å². The van der Waals surface area contributed by atoms with E-state index in [2.05, 4.69) is 24.1 Å². The molecule has 0 aromatic carbocycles. The normalized spacial score (nSPS) is 23.8. The minimum absolute atomic E-state index is 0.390. The van der Waals surface area contributed by atoms with Crippen LogP contribution in [0.15, 0.2) is 5.38 Å². The Morgan fingerprint density at radius 1 is 1.69 bits per heavy atom. The first-order valence-corrected chi connectivity index (χ1v) is 7.03. The summed E-state index contributed by atoms with van der Waals surface area (Å²) in [6.45, 7) is 7.42. The molecular weight excluding hydrogens is 218 g/mol. The van der Waals surface area contributed by atoms with Gasteiger partial charge in [-0.25, -0.2) is 4.98 Å². The van der Waals surface area contributed by atoms with Gasteiger partial charge >= 0.3 is 0 Å². The zero-order valence-electron chi connectivity index (χ0n) is 10.1. The molecule has 0 spiro atoms. The molecule has 1 fully saturated rings. The molecule has 3 nitrogen and oxygen atoms in total. The van der Waals surface area contributed by atoms with E-state index in [4.69, 9.17) is 10.7 Å². The second kappa shape index (κ2) is 5.25. The Kier molecular flexibility index (Phi) is 3.95. The van der Waals surface area contributed by atoms with Crippen molar-refractivity contribution in [3.8, 4) is 0 Å². The lowest BCUT2D eigenvalue weighted by molar-refractivity contribution is 0.270. The molecule has 2 unspecified atom stereocenters. The number of thiazole rings is 1. The lowest BCUT2D eigenvalue weighted by Gasteiger charge is -2.20. The van der Waals surface area contributed by atoms with Gasteiger partial charge < -0.3 is 5.73 Å². The lowest BCUT2D eigenvalue weighted by atomic mass is 10.1. The molecule has 2 atom stereocenters. The van der Waals surface area contributed by atoms with E-state index in [1.807, 2.05) is 0 Å². The summed E-state index contributed by atoms with van der Waals surface area (Å²) in [4.78, 5) is 7.28. The quantitative estimate of drug-likeness (QED) is 0.877. The monoisotopic (exact) mass is 239 g/mol. The van der Waals surface area contributed by atoms with Gasteiger partial charge in [0.2, 0.25) is 0 Å². The van der Waals surface area contributed by atoms with Crippen molar-refractivity contribution in [1.82, 2.24) is 9.88 Å². The summed E-state index contributed by atoms with van der Waals surface area (Å²) >= 11 is 1.80. The average molecular weight is 239 g/mol. The first-order chi connectivity index (χ1) is 7.76. The molecule has 2 rings (SSSR count). The molecule has 16 heavy (non-hydrogen) atoms. The minimum Gasteiger partial charge on any atom is -0.330 e. The SMILES string of the molecule is CCN1CCCC1c1nc(C(C)CN)cs1. The van der Waals surface area contributed by atoms with Crippen molar-refractivity contribution in [3.05, 3.63) is 16.1 Å². The van der Waals surface area contributed by atoms with Crippen LogP contribution in [0.1, 0.15) is 49.4 Å². The van der Waals surface area contributed by atoms with Gasteiger partial charge in [-0.3, -0.25) is 4.90 Å². The molecule has 0 bridgehead atoms. The lowest BCUT2D eigenvalue weighted by Crippen LogP contribution is -2.22. The van der Waals surface area contributed by atoms with Crippen LogP contribution in [0.25, 0.3) is 0 Å². The summed E-state index contributed by atoms with van der Waals surface area (Å²) < 4.78 is 0. The fourth-order valence-electron chi connectivity index (χ4n) is 2.29. The van der Waals surface area contributed by atoms with E-state index in [1.165, 1.54) is 30.1 Å². The predicted molar refractivity (Wildman–Crippen MR) is 68.8 cm³/mol. The third-order valence-corrected chi connectivity index (χ3v) is 4.42. The van der Waals surface area contributed by atoms with E-state index >= 15 is 0 Å². The number of nitrogens with two attached hydrogens (primary N) is 1. The first kappa shape index (κ1) is 12.0. The van der Waals surface area contributed by atoms with Crippen LogP contribution in [0.2, 0.25) is 0 Å². The predicted octanol–water partition coefficient (Wildman–Crippen LogP) is 2.36. The molecule has 2 N–H and O–H groups in total. The van der Waals surface area contributed by atoms with Crippen LogP contribution >= 0.6 is 11.3 Å². The van der Waals surface area contributed by atoms with Crippen molar-refractivity contribution in [1.29, 1.82) is 0 Å². The summed E-state index contributed by atoms with van der Waals surface area (Å²) in [5.41, 5.74) is 6.85. The molecule has 0 radical (unpaired) electrons. The molecule has 1 aliphatic heterocycles. The van der Waals surface area contributed by atoms with Gasteiger partial charge in [-0.05, 0) is 25.9 Å². The number of hydrogen-bond acceptors (Lipinski definition) is 4. The van der Waals surface area contributed by atoms with E-state index < -0.39 is 0 Å². The topological polar surface area (TPSA) is 42.2 Å². The van der Waals surface area contributed by atoms with Crippen LogP contribution < -0.4 is 5.73 Å². The highest BCUT2D eigenvalue weighted by molar-refractivity contribution is 7.09. The molecule has 1 aromatic rings. The minimum atomic E-state index is 0.390. The van der Waals surface area contributed by atoms with Gasteiger partial charge in [0.1, 0.15) is 5.01 Å². The standard InChI is InChI=1S/C12H21N3S/c1-3-15-6-4-5-11(15)12-14-10(8-16-12)9(2)7-13/h8-9,11H,3-7,13H2,1-2H3. The number of aromatic nitrogens is 1. The highest BCUT2D eigenvalue weighted by Gasteiger charge is 2.27. The molecule has 4 heteroatoms. The second-order valence-corrected chi connectivity index (χ2v) is 5.42. The summed E-state index contributed by atoms with van der Waals surface area (Å²) in [6, 6.07) is 0.564. The summed E-state index contributed by atoms with van der Waals surface area (Å²) in [5.74, 6) is 0.390. The third-order valence-electron chi connectivity index (χ3n) is 3.45. The van der Waals surface area contributed by atoms with Crippen molar-refractivity contribution in [2.24, 2.45) is 5.73 Å². The second-order valence-electron chi connectivity index (χ2n) is 4.53. The first-order valence-electron chi connectivity index (χ1n) is 6.15. The van der Waals surface area contributed by atoms with Gasteiger partial charge in [-0.15, -0.1) is 11.3 Å². The molecule has 1 aliphatic rings.